The molecule has 0 spiro atoms. The second kappa shape index (κ2) is 8.60. The van der Waals surface area contributed by atoms with Gasteiger partial charge in [-0.1, -0.05) is 44.5 Å². The van der Waals surface area contributed by atoms with Crippen molar-refractivity contribution in [1.82, 2.24) is 10.0 Å². The van der Waals surface area contributed by atoms with Gasteiger partial charge in [-0.2, -0.15) is 0 Å². The molecule has 7 nitrogen and oxygen atoms in total. The third-order valence-corrected chi connectivity index (χ3v) is 6.12. The number of nitrogens with one attached hydrogen (secondary N) is 2. The smallest absolute Gasteiger partial charge is 0.264 e. The number of hydrogen-bond donors (Lipinski definition) is 2. The summed E-state index contributed by atoms with van der Waals surface area (Å²) in [6, 6.07) is 9.41. The minimum Gasteiger partial charge on any atom is -0.377 e. The van der Waals surface area contributed by atoms with E-state index in [1.165, 1.54) is 13.0 Å². The maximum absolute atomic E-state index is 13.0. The van der Waals surface area contributed by atoms with E-state index < -0.39 is 27.9 Å². The first-order chi connectivity index (χ1) is 13.1. The number of fused-ring (bicyclic) bond motifs is 1. The van der Waals surface area contributed by atoms with E-state index in [0.29, 0.717) is 11.8 Å². The van der Waals surface area contributed by atoms with Gasteiger partial charge in [0.1, 0.15) is 6.04 Å². The highest BCUT2D eigenvalue weighted by molar-refractivity contribution is 7.90. The Hall–Kier alpha value is -2.61. The zero-order valence-electron chi connectivity index (χ0n) is 16.8. The molecular formula is C20H27N3O4S. The zero-order chi connectivity index (χ0) is 21.1. The first-order valence-corrected chi connectivity index (χ1v) is 10.6. The third-order valence-electron chi connectivity index (χ3n) is 4.72. The number of hydrogen-bond acceptors (Lipinski definition) is 5. The topological polar surface area (TPSA) is 95.6 Å². The molecule has 2 aromatic carbocycles. The molecule has 2 amide bonds. The number of rotatable bonds is 7. The molecule has 0 saturated heterocycles. The van der Waals surface area contributed by atoms with E-state index in [1.807, 2.05) is 38.1 Å². The minimum atomic E-state index is -4.12. The van der Waals surface area contributed by atoms with Gasteiger partial charge in [0.05, 0.1) is 4.90 Å². The number of amides is 2. The molecule has 0 unspecified atom stereocenters. The number of sulfonamides is 1. The largest absolute Gasteiger partial charge is 0.377 e. The fraction of sp³-hybridized carbons (Fsp3) is 0.400. The Morgan fingerprint density at radius 2 is 1.68 bits per heavy atom. The highest BCUT2D eigenvalue weighted by Crippen LogP contribution is 2.30. The molecule has 0 aromatic heterocycles. The molecule has 0 aliphatic carbocycles. The lowest BCUT2D eigenvalue weighted by atomic mass is 9.99. The van der Waals surface area contributed by atoms with E-state index in [9.17, 15) is 18.0 Å². The van der Waals surface area contributed by atoms with Gasteiger partial charge in [-0.3, -0.25) is 9.59 Å². The van der Waals surface area contributed by atoms with Crippen LogP contribution < -0.4 is 14.9 Å². The van der Waals surface area contributed by atoms with Crippen LogP contribution in [-0.4, -0.2) is 40.4 Å². The molecule has 0 radical (unpaired) electrons. The summed E-state index contributed by atoms with van der Waals surface area (Å²) < 4.78 is 28.1. The van der Waals surface area contributed by atoms with Crippen LogP contribution in [0.4, 0.5) is 5.69 Å². The lowest BCUT2D eigenvalue weighted by Crippen LogP contribution is -2.51. The number of nitrogens with zero attached hydrogens (tertiary/aromatic N) is 1. The van der Waals surface area contributed by atoms with Gasteiger partial charge in [0.15, 0.2) is 0 Å². The van der Waals surface area contributed by atoms with Crippen LogP contribution in [0.5, 0.6) is 0 Å². The Balaban J connectivity index is 2.46. The molecule has 0 heterocycles. The van der Waals surface area contributed by atoms with Crippen molar-refractivity contribution in [3.05, 3.63) is 36.4 Å². The zero-order valence-corrected chi connectivity index (χ0v) is 17.6. The summed E-state index contributed by atoms with van der Waals surface area (Å²) in [5, 5.41) is 3.83. The molecule has 28 heavy (non-hydrogen) atoms. The fourth-order valence-corrected chi connectivity index (χ4v) is 4.29. The van der Waals surface area contributed by atoms with Gasteiger partial charge in [-0.15, -0.1) is 0 Å². The second-order valence-corrected chi connectivity index (χ2v) is 8.71. The first-order valence-electron chi connectivity index (χ1n) is 9.11. The molecule has 2 rings (SSSR count). The van der Waals surface area contributed by atoms with Crippen molar-refractivity contribution in [2.24, 2.45) is 5.92 Å². The van der Waals surface area contributed by atoms with E-state index in [1.54, 1.807) is 25.1 Å². The highest BCUT2D eigenvalue weighted by Gasteiger charge is 2.29. The highest BCUT2D eigenvalue weighted by atomic mass is 32.2. The molecule has 0 fully saturated rings. The fourth-order valence-electron chi connectivity index (χ4n) is 3.06. The summed E-state index contributed by atoms with van der Waals surface area (Å²) in [5.41, 5.74) is 0.872. The Bertz CT molecular complexity index is 986. The summed E-state index contributed by atoms with van der Waals surface area (Å²) in [5.74, 6) is -1.35. The van der Waals surface area contributed by atoms with Crippen molar-refractivity contribution < 1.29 is 18.0 Å². The summed E-state index contributed by atoms with van der Waals surface area (Å²) in [7, 11) is -0.367. The average molecular weight is 406 g/mol. The molecule has 2 N–H and O–H groups in total. The second-order valence-electron chi connectivity index (χ2n) is 7.06. The van der Waals surface area contributed by atoms with Gasteiger partial charge in [-0.05, 0) is 18.1 Å². The molecule has 0 aliphatic rings. The van der Waals surface area contributed by atoms with Crippen LogP contribution in [0.3, 0.4) is 0 Å². The first kappa shape index (κ1) is 21.7. The average Bonchev–Trinajstić information content (AvgIpc) is 2.63. The lowest BCUT2D eigenvalue weighted by Gasteiger charge is -2.23. The maximum atomic E-state index is 13.0. The van der Waals surface area contributed by atoms with Crippen molar-refractivity contribution >= 4 is 38.3 Å². The van der Waals surface area contributed by atoms with E-state index in [4.69, 9.17) is 0 Å². The molecular weight excluding hydrogens is 378 g/mol. The molecule has 2 atom stereocenters. The monoisotopic (exact) mass is 405 g/mol. The molecule has 2 aromatic rings. The third kappa shape index (κ3) is 4.62. The van der Waals surface area contributed by atoms with Gasteiger partial charge in [0.2, 0.25) is 5.91 Å². The maximum Gasteiger partial charge on any atom is 0.264 e. The van der Waals surface area contributed by atoms with Gasteiger partial charge in [0, 0.05) is 37.5 Å². The van der Waals surface area contributed by atoms with Crippen LogP contribution in [0, 0.1) is 5.92 Å². The molecule has 0 aliphatic heterocycles. The normalized spacial score (nSPS) is 13.6. The van der Waals surface area contributed by atoms with Crippen LogP contribution in [0.15, 0.2) is 41.3 Å². The predicted molar refractivity (Wildman–Crippen MR) is 111 cm³/mol. The Labute approximate surface area is 166 Å². The van der Waals surface area contributed by atoms with Crippen molar-refractivity contribution in [2.75, 3.05) is 19.0 Å². The number of carbonyl (C=O) groups is 2. The number of benzene rings is 2. The minimum absolute atomic E-state index is 0.0211. The Kier molecular flexibility index (Phi) is 6.66. The lowest BCUT2D eigenvalue weighted by molar-refractivity contribution is -0.128. The number of carbonyl (C=O) groups excluding carboxylic acids is 2. The Morgan fingerprint density at radius 1 is 1.07 bits per heavy atom. The van der Waals surface area contributed by atoms with E-state index in [2.05, 4.69) is 10.0 Å². The van der Waals surface area contributed by atoms with Gasteiger partial charge in [0.25, 0.3) is 15.9 Å². The van der Waals surface area contributed by atoms with Gasteiger partial charge < -0.3 is 10.2 Å². The predicted octanol–water partition coefficient (Wildman–Crippen LogP) is 2.26. The van der Waals surface area contributed by atoms with Crippen LogP contribution >= 0.6 is 0 Å². The molecule has 8 heteroatoms. The van der Waals surface area contributed by atoms with Crippen LogP contribution in [-0.2, 0) is 19.6 Å². The van der Waals surface area contributed by atoms with Crippen molar-refractivity contribution in [3.63, 3.8) is 0 Å². The molecule has 0 bridgehead atoms. The summed E-state index contributed by atoms with van der Waals surface area (Å²) >= 11 is 0. The SMILES string of the molecule is CC[C@@H](C)[C@H](NC(C)=O)C(=O)NS(=O)(=O)c1cccc2c(N(C)C)cccc12. The number of anilines is 1. The van der Waals surface area contributed by atoms with Gasteiger partial charge >= 0.3 is 0 Å². The van der Waals surface area contributed by atoms with E-state index in [0.717, 1.165) is 11.1 Å². The van der Waals surface area contributed by atoms with E-state index >= 15 is 0 Å². The van der Waals surface area contributed by atoms with Crippen LogP contribution in [0.2, 0.25) is 0 Å². The van der Waals surface area contributed by atoms with Crippen molar-refractivity contribution in [1.29, 1.82) is 0 Å². The molecule has 152 valence electrons. The van der Waals surface area contributed by atoms with Crippen molar-refractivity contribution in [3.8, 4) is 0 Å². The summed E-state index contributed by atoms with van der Waals surface area (Å²) in [6.45, 7) is 4.95. The molecule has 0 saturated carbocycles. The quantitative estimate of drug-likeness (QED) is 0.737. The van der Waals surface area contributed by atoms with Gasteiger partial charge in [-0.25, -0.2) is 13.1 Å². The van der Waals surface area contributed by atoms with Crippen molar-refractivity contribution in [2.45, 2.75) is 38.1 Å². The standard InChI is InChI=1S/C20H27N3O4S/c1-6-13(2)19(21-14(3)24)20(25)22-28(26,27)18-12-8-9-15-16(18)10-7-11-17(15)23(4)5/h7-13,19H,6H2,1-5H3,(H,21,24)(H,22,25)/t13-,19+/m1/s1. The van der Waals surface area contributed by atoms with E-state index in [-0.39, 0.29) is 10.8 Å². The summed E-state index contributed by atoms with van der Waals surface area (Å²) in [4.78, 5) is 26.0. The summed E-state index contributed by atoms with van der Waals surface area (Å²) in [6.07, 6.45) is 0.610. The van der Waals surface area contributed by atoms with Crippen LogP contribution in [0.25, 0.3) is 10.8 Å². The Morgan fingerprint density at radius 3 is 2.25 bits per heavy atom. The van der Waals surface area contributed by atoms with Crippen LogP contribution in [0.1, 0.15) is 27.2 Å².